The summed E-state index contributed by atoms with van der Waals surface area (Å²) >= 11 is 0. The summed E-state index contributed by atoms with van der Waals surface area (Å²) in [5, 5.41) is 0. The van der Waals surface area contributed by atoms with Gasteiger partial charge in [0, 0.05) is 6.04 Å². The normalized spacial score (nSPS) is 31.8. The highest BCUT2D eigenvalue weighted by Gasteiger charge is 2.33. The van der Waals surface area contributed by atoms with Gasteiger partial charge in [-0.3, -0.25) is 0 Å². The van der Waals surface area contributed by atoms with Crippen molar-refractivity contribution in [1.82, 2.24) is 4.90 Å². The smallest absolute Gasteiger partial charge is 0.0147 e. The van der Waals surface area contributed by atoms with Crippen molar-refractivity contribution >= 4 is 0 Å². The van der Waals surface area contributed by atoms with E-state index in [0.29, 0.717) is 0 Å². The zero-order valence-corrected chi connectivity index (χ0v) is 9.01. The van der Waals surface area contributed by atoms with Crippen LogP contribution in [0.5, 0.6) is 0 Å². The summed E-state index contributed by atoms with van der Waals surface area (Å²) in [5.41, 5.74) is 0. The standard InChI is InChI=1S/C11H23N/c1-5-10-7-8-12(6-2)11(10)9(3)4/h9-11H,5-8H2,1-4H3. The van der Waals surface area contributed by atoms with Crippen molar-refractivity contribution in [2.24, 2.45) is 11.8 Å². The second kappa shape index (κ2) is 4.27. The lowest BCUT2D eigenvalue weighted by atomic mass is 9.89. The van der Waals surface area contributed by atoms with Crippen LogP contribution in [-0.4, -0.2) is 24.0 Å². The minimum Gasteiger partial charge on any atom is -0.300 e. The van der Waals surface area contributed by atoms with Crippen LogP contribution in [0.2, 0.25) is 0 Å². The molecule has 1 saturated heterocycles. The first-order valence-corrected chi connectivity index (χ1v) is 5.44. The quantitative estimate of drug-likeness (QED) is 0.628. The van der Waals surface area contributed by atoms with Gasteiger partial charge in [-0.1, -0.05) is 34.1 Å². The summed E-state index contributed by atoms with van der Waals surface area (Å²) in [4.78, 5) is 2.65. The topological polar surface area (TPSA) is 3.24 Å². The second-order valence-corrected chi connectivity index (χ2v) is 4.32. The van der Waals surface area contributed by atoms with Crippen molar-refractivity contribution in [3.8, 4) is 0 Å². The van der Waals surface area contributed by atoms with E-state index in [0.717, 1.165) is 17.9 Å². The molecular formula is C11H23N. The summed E-state index contributed by atoms with van der Waals surface area (Å²) in [5.74, 6) is 1.79. The fourth-order valence-corrected chi connectivity index (χ4v) is 2.73. The largest absolute Gasteiger partial charge is 0.300 e. The third-order valence-electron chi connectivity index (χ3n) is 3.31. The van der Waals surface area contributed by atoms with Crippen LogP contribution in [0, 0.1) is 11.8 Å². The molecule has 0 bridgehead atoms. The summed E-state index contributed by atoms with van der Waals surface area (Å²) < 4.78 is 0. The molecule has 1 fully saturated rings. The minimum atomic E-state index is 0.831. The van der Waals surface area contributed by atoms with Gasteiger partial charge >= 0.3 is 0 Å². The molecule has 72 valence electrons. The molecule has 0 aromatic rings. The van der Waals surface area contributed by atoms with E-state index in [9.17, 15) is 0 Å². The Morgan fingerprint density at radius 3 is 2.42 bits per heavy atom. The fraction of sp³-hybridized carbons (Fsp3) is 1.00. The molecule has 0 aliphatic carbocycles. The van der Waals surface area contributed by atoms with Crippen LogP contribution in [0.15, 0.2) is 0 Å². The van der Waals surface area contributed by atoms with Gasteiger partial charge < -0.3 is 4.90 Å². The third kappa shape index (κ3) is 1.82. The average Bonchev–Trinajstić information content (AvgIpc) is 2.46. The molecule has 0 radical (unpaired) electrons. The molecule has 1 aliphatic heterocycles. The molecule has 0 amide bonds. The Hall–Kier alpha value is -0.0400. The molecule has 2 atom stereocenters. The van der Waals surface area contributed by atoms with Gasteiger partial charge in [0.05, 0.1) is 0 Å². The molecule has 0 N–H and O–H groups in total. The highest BCUT2D eigenvalue weighted by atomic mass is 15.2. The lowest BCUT2D eigenvalue weighted by Crippen LogP contribution is -2.36. The van der Waals surface area contributed by atoms with Crippen LogP contribution < -0.4 is 0 Å². The predicted molar refractivity (Wildman–Crippen MR) is 54.3 cm³/mol. The zero-order valence-electron chi connectivity index (χ0n) is 9.01. The first-order chi connectivity index (χ1) is 5.70. The first kappa shape index (κ1) is 10.0. The molecule has 1 heterocycles. The molecule has 0 aromatic carbocycles. The van der Waals surface area contributed by atoms with E-state index in [1.807, 2.05) is 0 Å². The van der Waals surface area contributed by atoms with Crippen molar-refractivity contribution in [1.29, 1.82) is 0 Å². The van der Waals surface area contributed by atoms with E-state index < -0.39 is 0 Å². The molecule has 0 aromatic heterocycles. The zero-order chi connectivity index (χ0) is 9.14. The van der Waals surface area contributed by atoms with Crippen molar-refractivity contribution < 1.29 is 0 Å². The Balaban J connectivity index is 2.59. The second-order valence-electron chi connectivity index (χ2n) is 4.32. The summed E-state index contributed by atoms with van der Waals surface area (Å²) in [6.45, 7) is 11.9. The molecule has 0 spiro atoms. The molecule has 2 unspecified atom stereocenters. The Labute approximate surface area is 77.1 Å². The van der Waals surface area contributed by atoms with Crippen molar-refractivity contribution in [2.45, 2.75) is 46.6 Å². The summed E-state index contributed by atoms with van der Waals surface area (Å²) in [6.07, 6.45) is 2.78. The Kier molecular flexibility index (Phi) is 3.57. The van der Waals surface area contributed by atoms with Gasteiger partial charge in [0.15, 0.2) is 0 Å². The van der Waals surface area contributed by atoms with Gasteiger partial charge in [0.1, 0.15) is 0 Å². The van der Waals surface area contributed by atoms with E-state index in [1.54, 1.807) is 0 Å². The Morgan fingerprint density at radius 2 is 2.00 bits per heavy atom. The number of nitrogens with zero attached hydrogens (tertiary/aromatic N) is 1. The molecular weight excluding hydrogens is 146 g/mol. The van der Waals surface area contributed by atoms with Gasteiger partial charge in [0.25, 0.3) is 0 Å². The van der Waals surface area contributed by atoms with E-state index in [2.05, 4.69) is 32.6 Å². The van der Waals surface area contributed by atoms with Crippen LogP contribution in [0.3, 0.4) is 0 Å². The van der Waals surface area contributed by atoms with Crippen molar-refractivity contribution in [3.63, 3.8) is 0 Å². The number of likely N-dealkylation sites (tertiary alicyclic amines) is 1. The molecule has 1 rings (SSSR count). The van der Waals surface area contributed by atoms with Crippen LogP contribution in [0.25, 0.3) is 0 Å². The summed E-state index contributed by atoms with van der Waals surface area (Å²) in [7, 11) is 0. The van der Waals surface area contributed by atoms with Gasteiger partial charge in [0.2, 0.25) is 0 Å². The van der Waals surface area contributed by atoms with Crippen LogP contribution in [-0.2, 0) is 0 Å². The van der Waals surface area contributed by atoms with Crippen LogP contribution in [0.4, 0.5) is 0 Å². The monoisotopic (exact) mass is 169 g/mol. The maximum atomic E-state index is 2.65. The van der Waals surface area contributed by atoms with Gasteiger partial charge in [-0.15, -0.1) is 0 Å². The van der Waals surface area contributed by atoms with E-state index in [1.165, 1.54) is 25.9 Å². The molecule has 1 heteroatoms. The predicted octanol–water partition coefficient (Wildman–Crippen LogP) is 2.76. The molecule has 0 saturated carbocycles. The maximum absolute atomic E-state index is 2.65. The van der Waals surface area contributed by atoms with E-state index in [-0.39, 0.29) is 0 Å². The lowest BCUT2D eigenvalue weighted by Gasteiger charge is -2.30. The van der Waals surface area contributed by atoms with Crippen LogP contribution in [0.1, 0.15) is 40.5 Å². The fourth-order valence-electron chi connectivity index (χ4n) is 2.73. The molecule has 12 heavy (non-hydrogen) atoms. The van der Waals surface area contributed by atoms with E-state index in [4.69, 9.17) is 0 Å². The van der Waals surface area contributed by atoms with Crippen LogP contribution >= 0.6 is 0 Å². The first-order valence-electron chi connectivity index (χ1n) is 5.44. The molecule has 1 aliphatic rings. The molecule has 1 nitrogen and oxygen atoms in total. The third-order valence-corrected chi connectivity index (χ3v) is 3.31. The lowest BCUT2D eigenvalue weighted by molar-refractivity contribution is 0.181. The number of hydrogen-bond donors (Lipinski definition) is 0. The SMILES string of the molecule is CCC1CCN(CC)C1C(C)C. The maximum Gasteiger partial charge on any atom is 0.0147 e. The highest BCUT2D eigenvalue weighted by Crippen LogP contribution is 2.31. The Bertz CT molecular complexity index is 119. The summed E-state index contributed by atoms with van der Waals surface area (Å²) in [6, 6.07) is 0.861. The average molecular weight is 169 g/mol. The van der Waals surface area contributed by atoms with Gasteiger partial charge in [-0.25, -0.2) is 0 Å². The number of rotatable bonds is 3. The van der Waals surface area contributed by atoms with Gasteiger partial charge in [-0.2, -0.15) is 0 Å². The number of hydrogen-bond acceptors (Lipinski definition) is 1. The van der Waals surface area contributed by atoms with Gasteiger partial charge in [-0.05, 0) is 31.3 Å². The highest BCUT2D eigenvalue weighted by molar-refractivity contribution is 4.87. The van der Waals surface area contributed by atoms with Crippen molar-refractivity contribution in [2.75, 3.05) is 13.1 Å². The minimum absolute atomic E-state index is 0.831. The Morgan fingerprint density at radius 1 is 1.33 bits per heavy atom. The van der Waals surface area contributed by atoms with Crippen molar-refractivity contribution in [3.05, 3.63) is 0 Å². The van der Waals surface area contributed by atoms with E-state index >= 15 is 0 Å².